The summed E-state index contributed by atoms with van der Waals surface area (Å²) in [5, 5.41) is 18.8. The van der Waals surface area contributed by atoms with Gasteiger partial charge in [0.25, 0.3) is 11.1 Å². The van der Waals surface area contributed by atoms with Gasteiger partial charge in [0.1, 0.15) is 22.0 Å². The predicted octanol–water partition coefficient (Wildman–Crippen LogP) is 5.38. The van der Waals surface area contributed by atoms with Gasteiger partial charge in [0, 0.05) is 53.2 Å². The van der Waals surface area contributed by atoms with Crippen LogP contribution >= 0.6 is 11.3 Å². The number of thiophene rings is 1. The van der Waals surface area contributed by atoms with E-state index in [2.05, 4.69) is 22.0 Å². The average molecular weight is 642 g/mol. The lowest BCUT2D eigenvalue weighted by Crippen LogP contribution is -2.22. The second-order valence-electron chi connectivity index (χ2n) is 11.1. The van der Waals surface area contributed by atoms with E-state index in [9.17, 15) is 19.5 Å². The normalized spacial score (nSPS) is 12.6. The molecule has 10 nitrogen and oxygen atoms in total. The maximum Gasteiger partial charge on any atom is 0.289 e. The fourth-order valence-electron chi connectivity index (χ4n) is 5.73. The Morgan fingerprint density at radius 3 is 2.83 bits per heavy atom. The number of aromatic nitrogens is 4. The van der Waals surface area contributed by atoms with Crippen molar-refractivity contribution in [1.82, 2.24) is 19.3 Å². The van der Waals surface area contributed by atoms with E-state index in [1.165, 1.54) is 50.8 Å². The number of aliphatic hydroxyl groups is 1. The van der Waals surface area contributed by atoms with Crippen molar-refractivity contribution in [1.29, 1.82) is 0 Å². The van der Waals surface area contributed by atoms with Gasteiger partial charge in [0.15, 0.2) is 5.78 Å². The molecule has 0 saturated carbocycles. The van der Waals surface area contributed by atoms with Gasteiger partial charge in [-0.1, -0.05) is 12.6 Å². The molecule has 4 aromatic heterocycles. The highest BCUT2D eigenvalue weighted by Gasteiger charge is 2.22. The van der Waals surface area contributed by atoms with Crippen LogP contribution in [-0.4, -0.2) is 36.8 Å². The van der Waals surface area contributed by atoms with E-state index >= 15 is 4.39 Å². The molecular weight excluding hydrogens is 609 g/mol. The summed E-state index contributed by atoms with van der Waals surface area (Å²) in [6.45, 7) is 3.22. The number of benzene rings is 1. The minimum Gasteiger partial charge on any atom is -0.478 e. The van der Waals surface area contributed by atoms with Crippen LogP contribution in [0.4, 0.5) is 15.9 Å². The third-order valence-corrected chi connectivity index (χ3v) is 9.30. The number of allylic oxidation sites excluding steroid dienone is 1. The van der Waals surface area contributed by atoms with E-state index in [4.69, 9.17) is 4.74 Å². The summed E-state index contributed by atoms with van der Waals surface area (Å²) in [6, 6.07) is 9.03. The zero-order valence-electron chi connectivity index (χ0n) is 25.2. The number of rotatable bonds is 11. The number of fused-ring (bicyclic) bond motifs is 3. The van der Waals surface area contributed by atoms with Crippen LogP contribution in [0.3, 0.4) is 0 Å². The number of carbonyl (C=O) groups excluding carboxylic acids is 1. The first-order valence-corrected chi connectivity index (χ1v) is 15.8. The predicted molar refractivity (Wildman–Crippen MR) is 176 cm³/mol. The Morgan fingerprint density at radius 1 is 1.20 bits per heavy atom. The molecule has 5 aromatic rings. The number of nitrogens with one attached hydrogen (secondary N) is 1. The van der Waals surface area contributed by atoms with Crippen molar-refractivity contribution < 1.29 is 19.0 Å². The van der Waals surface area contributed by atoms with E-state index in [-0.39, 0.29) is 40.4 Å². The van der Waals surface area contributed by atoms with E-state index in [1.807, 2.05) is 0 Å². The van der Waals surface area contributed by atoms with Crippen molar-refractivity contribution in [2.24, 2.45) is 7.05 Å². The quantitative estimate of drug-likeness (QED) is 0.145. The number of halogens is 1. The third kappa shape index (κ3) is 6.13. The zero-order chi connectivity index (χ0) is 32.4. The Balaban J connectivity index is 1.35. The molecule has 46 heavy (non-hydrogen) atoms. The minimum atomic E-state index is -0.633. The molecule has 6 rings (SSSR count). The van der Waals surface area contributed by atoms with Crippen molar-refractivity contribution in [3.05, 3.63) is 104 Å². The van der Waals surface area contributed by atoms with Gasteiger partial charge in [-0.25, -0.2) is 4.39 Å². The van der Waals surface area contributed by atoms with Crippen molar-refractivity contribution in [3.8, 4) is 22.7 Å². The summed E-state index contributed by atoms with van der Waals surface area (Å²) in [6.07, 6.45) is 9.26. The first kappa shape index (κ1) is 31.1. The smallest absolute Gasteiger partial charge is 0.289 e. The maximum atomic E-state index is 15.3. The Morgan fingerprint density at radius 2 is 2.02 bits per heavy atom. The first-order chi connectivity index (χ1) is 22.3. The monoisotopic (exact) mass is 641 g/mol. The molecule has 0 saturated heterocycles. The molecular formula is C34H32FN5O5S. The van der Waals surface area contributed by atoms with Crippen LogP contribution in [0, 0.1) is 5.82 Å². The summed E-state index contributed by atoms with van der Waals surface area (Å²) < 4.78 is 24.0. The Kier molecular flexibility index (Phi) is 8.91. The number of nitrogens with zero attached hydrogens (tertiary/aromatic N) is 4. The fourth-order valence-corrected chi connectivity index (χ4v) is 7.02. The lowest BCUT2D eigenvalue weighted by molar-refractivity contribution is -0.114. The van der Waals surface area contributed by atoms with E-state index < -0.39 is 12.4 Å². The van der Waals surface area contributed by atoms with Gasteiger partial charge in [-0.05, 0) is 67.5 Å². The number of ketones is 1. The zero-order valence-corrected chi connectivity index (χ0v) is 26.0. The van der Waals surface area contributed by atoms with Crippen LogP contribution in [0.25, 0.3) is 26.9 Å². The molecule has 0 unspecified atom stereocenters. The number of aliphatic hydroxyl groups excluding tert-OH is 1. The lowest BCUT2D eigenvalue weighted by Gasteiger charge is -2.17. The van der Waals surface area contributed by atoms with Crippen LogP contribution in [0.1, 0.15) is 41.7 Å². The van der Waals surface area contributed by atoms with Crippen molar-refractivity contribution in [2.75, 3.05) is 11.9 Å². The molecule has 4 heterocycles. The molecule has 0 aliphatic heterocycles. The van der Waals surface area contributed by atoms with Gasteiger partial charge >= 0.3 is 0 Å². The number of carbonyl (C=O) groups is 1. The molecule has 0 spiro atoms. The number of ether oxygens (including phenoxy) is 1. The summed E-state index contributed by atoms with van der Waals surface area (Å²) in [5.41, 5.74) is 1.71. The largest absolute Gasteiger partial charge is 0.478 e. The van der Waals surface area contributed by atoms with E-state index in [0.29, 0.717) is 40.4 Å². The molecule has 0 atom stereocenters. The lowest BCUT2D eigenvalue weighted by atomic mass is 9.97. The van der Waals surface area contributed by atoms with Gasteiger partial charge in [-0.15, -0.1) is 11.3 Å². The van der Waals surface area contributed by atoms with E-state index in [1.54, 1.807) is 37.5 Å². The summed E-state index contributed by atoms with van der Waals surface area (Å²) in [7, 11) is 1.56. The minimum absolute atomic E-state index is 0.0669. The Bertz CT molecular complexity index is 2100. The average Bonchev–Trinajstić information content (AvgIpc) is 3.44. The number of aryl methyl sites for hydroxylation is 3. The van der Waals surface area contributed by atoms with Gasteiger partial charge in [0.2, 0.25) is 5.88 Å². The highest BCUT2D eigenvalue weighted by molar-refractivity contribution is 7.19. The van der Waals surface area contributed by atoms with Crippen LogP contribution in [0.2, 0.25) is 0 Å². The molecule has 0 bridgehead atoms. The molecule has 2 N–H and O–H groups in total. The van der Waals surface area contributed by atoms with E-state index in [0.717, 1.165) is 35.8 Å². The van der Waals surface area contributed by atoms with Gasteiger partial charge in [-0.3, -0.25) is 14.4 Å². The van der Waals surface area contributed by atoms with Crippen molar-refractivity contribution in [2.45, 2.75) is 45.1 Å². The summed E-state index contributed by atoms with van der Waals surface area (Å²) in [5.74, 6) is -0.0596. The van der Waals surface area contributed by atoms with Gasteiger partial charge < -0.3 is 19.7 Å². The molecule has 0 amide bonds. The van der Waals surface area contributed by atoms with Gasteiger partial charge in [-0.2, -0.15) is 14.8 Å². The number of hydrogen-bond donors (Lipinski definition) is 2. The maximum absolute atomic E-state index is 15.3. The molecule has 1 aliphatic rings. The van der Waals surface area contributed by atoms with Crippen molar-refractivity contribution >= 4 is 38.7 Å². The molecule has 0 radical (unpaired) electrons. The highest BCUT2D eigenvalue weighted by Crippen LogP contribution is 2.35. The molecule has 0 fully saturated rings. The van der Waals surface area contributed by atoms with Crippen molar-refractivity contribution in [3.63, 3.8) is 0 Å². The topological polar surface area (TPSA) is 128 Å². The van der Waals surface area contributed by atoms with Crippen LogP contribution in [0.5, 0.6) is 5.88 Å². The fraction of sp³-hybridized carbons (Fsp3) is 0.265. The number of pyridine rings is 2. The number of hydrogen-bond acceptors (Lipinski definition) is 9. The third-order valence-electron chi connectivity index (χ3n) is 8.00. The van der Waals surface area contributed by atoms with Crippen LogP contribution < -0.4 is 21.2 Å². The second-order valence-corrected chi connectivity index (χ2v) is 12.2. The Labute approximate surface area is 267 Å². The number of anilines is 2. The summed E-state index contributed by atoms with van der Waals surface area (Å²) >= 11 is 1.46. The van der Waals surface area contributed by atoms with Crippen LogP contribution in [0.15, 0.2) is 71.0 Å². The standard InChI is InChI=1S/C34H32FN5O5S/c1-3-22(42)8-7-13-45-31-12-6-11-30(38-31)37-27-14-20(18-39(2)33(27)43)24-15-21(35)16-28(26(24)19-41)40-34(44)32-25(17-36-40)23-9-4-5-10-29(23)46-32/h3,6,11-12,14-18,41H,1,4-5,7-10,13,19H2,2H3,(H,37,38). The summed E-state index contributed by atoms with van der Waals surface area (Å²) in [4.78, 5) is 43.9. The van der Waals surface area contributed by atoms with Crippen LogP contribution in [-0.2, 0) is 31.3 Å². The second kappa shape index (κ2) is 13.2. The van der Waals surface area contributed by atoms with Gasteiger partial charge in [0.05, 0.1) is 25.1 Å². The molecule has 1 aromatic carbocycles. The molecule has 1 aliphatic carbocycles. The highest BCUT2D eigenvalue weighted by atomic mass is 32.1. The SMILES string of the molecule is C=CC(=O)CCCOc1cccc(Nc2cc(-c3cc(F)cc(-n4ncc5c6c(sc5c4=O)CCCC6)c3CO)cn(C)c2=O)n1. The Hall–Kier alpha value is -4.94. The molecule has 12 heteroatoms. The first-order valence-electron chi connectivity index (χ1n) is 15.0. The molecule has 236 valence electrons.